The molecule has 1 aromatic heterocycles. The predicted molar refractivity (Wildman–Crippen MR) is 157 cm³/mol. The number of carbonyl (C=O) groups is 2. The molecule has 0 bridgehead atoms. The minimum Gasteiger partial charge on any atom is -0.480 e. The summed E-state index contributed by atoms with van der Waals surface area (Å²) >= 11 is 0. The lowest BCUT2D eigenvalue weighted by Crippen LogP contribution is -2.59. The van der Waals surface area contributed by atoms with Crippen LogP contribution < -0.4 is 10.6 Å². The quantitative estimate of drug-likeness (QED) is 0.328. The fourth-order valence-corrected chi connectivity index (χ4v) is 7.85. The summed E-state index contributed by atoms with van der Waals surface area (Å²) in [5.74, 6) is -9.31. The van der Waals surface area contributed by atoms with Crippen LogP contribution in [-0.2, 0) is 28.1 Å². The van der Waals surface area contributed by atoms with Gasteiger partial charge in [0, 0.05) is 39.8 Å². The second kappa shape index (κ2) is 13.1. The normalized spacial score (nSPS) is 21.4. The van der Waals surface area contributed by atoms with E-state index >= 15 is 0 Å². The van der Waals surface area contributed by atoms with E-state index in [4.69, 9.17) is 5.73 Å². The predicted octanol–water partition coefficient (Wildman–Crippen LogP) is 2.96. The Kier molecular flexibility index (Phi) is 9.49. The number of rotatable bonds is 9. The van der Waals surface area contributed by atoms with Gasteiger partial charge in [-0.3, -0.25) is 9.59 Å². The van der Waals surface area contributed by atoms with E-state index < -0.39 is 76.3 Å². The first-order valence-corrected chi connectivity index (χ1v) is 16.0. The van der Waals surface area contributed by atoms with Gasteiger partial charge in [-0.25, -0.2) is 4.39 Å². The number of carboxylic acids is 1. The first kappa shape index (κ1) is 33.4. The Balaban J connectivity index is 1.64. The van der Waals surface area contributed by atoms with E-state index in [2.05, 4.69) is 10.1 Å². The Labute approximate surface area is 262 Å². The van der Waals surface area contributed by atoms with Gasteiger partial charge in [-0.2, -0.15) is 39.9 Å². The van der Waals surface area contributed by atoms with Crippen LogP contribution in [0.3, 0.4) is 0 Å². The van der Waals surface area contributed by atoms with Gasteiger partial charge in [0.05, 0.1) is 17.4 Å². The second-order valence-electron chi connectivity index (χ2n) is 11.3. The van der Waals surface area contributed by atoms with E-state index in [9.17, 15) is 40.7 Å². The zero-order valence-electron chi connectivity index (χ0n) is 24.8. The van der Waals surface area contributed by atoms with Crippen molar-refractivity contribution in [3.63, 3.8) is 0 Å². The zero-order valence-corrected chi connectivity index (χ0v) is 25.6. The molecule has 0 spiro atoms. The molecule has 3 aromatic rings. The third-order valence-electron chi connectivity index (χ3n) is 8.33. The van der Waals surface area contributed by atoms with Crippen LogP contribution >= 0.6 is 0 Å². The van der Waals surface area contributed by atoms with Crippen molar-refractivity contribution >= 4 is 28.0 Å². The molecule has 0 saturated carbocycles. The average Bonchev–Trinajstić information content (AvgIpc) is 3.72. The second-order valence-corrected chi connectivity index (χ2v) is 13.2. The highest BCUT2D eigenvalue weighted by Gasteiger charge is 2.58. The van der Waals surface area contributed by atoms with E-state index in [1.54, 1.807) is 24.3 Å². The molecule has 3 unspecified atom stereocenters. The molecule has 2 aliphatic rings. The monoisotopic (exact) mass is 667 g/mol. The van der Waals surface area contributed by atoms with Crippen LogP contribution in [0.15, 0.2) is 48.5 Å². The van der Waals surface area contributed by atoms with E-state index in [0.717, 1.165) is 22.0 Å². The number of nitrogens with two attached hydrogens (primary N) is 1. The number of nitrogens with zero attached hydrogens (tertiary/aromatic N) is 6. The SMILES string of the molecule is CN(Cc1ccc(CN)cc1)c1nc(C2C(C(=O)O)N(S(=O)(=O)N3CCCC3)CCC2C(F)(F)F)nn1C(=O)c1ccccc1F. The van der Waals surface area contributed by atoms with Crippen LogP contribution in [0.2, 0.25) is 0 Å². The number of halogens is 4. The van der Waals surface area contributed by atoms with Gasteiger partial charge < -0.3 is 15.7 Å². The van der Waals surface area contributed by atoms with Crippen molar-refractivity contribution in [2.24, 2.45) is 11.7 Å². The zero-order chi connectivity index (χ0) is 33.4. The third kappa shape index (κ3) is 6.49. The maximum Gasteiger partial charge on any atom is 0.392 e. The maximum absolute atomic E-state index is 14.7. The lowest BCUT2D eigenvalue weighted by Gasteiger charge is -2.42. The van der Waals surface area contributed by atoms with Crippen molar-refractivity contribution in [2.75, 3.05) is 31.6 Å². The number of aromatic nitrogens is 3. The fraction of sp³-hybridized carbons (Fsp3) is 0.448. The van der Waals surface area contributed by atoms with Crippen LogP contribution in [0.25, 0.3) is 0 Å². The highest BCUT2D eigenvalue weighted by atomic mass is 32.2. The number of carbonyl (C=O) groups excluding carboxylic acids is 1. The van der Waals surface area contributed by atoms with E-state index in [1.807, 2.05) is 0 Å². The molecule has 0 amide bonds. The number of carboxylic acid groups (broad SMARTS) is 1. The van der Waals surface area contributed by atoms with Crippen LogP contribution in [0, 0.1) is 11.7 Å². The van der Waals surface area contributed by atoms with Crippen LogP contribution in [0.1, 0.15) is 52.5 Å². The number of hydrogen-bond acceptors (Lipinski definition) is 8. The number of anilines is 1. The lowest BCUT2D eigenvalue weighted by molar-refractivity contribution is -0.196. The van der Waals surface area contributed by atoms with E-state index in [0.29, 0.717) is 33.9 Å². The summed E-state index contributed by atoms with van der Waals surface area (Å²) in [4.78, 5) is 32.0. The van der Waals surface area contributed by atoms with Crippen molar-refractivity contribution in [3.8, 4) is 0 Å². The van der Waals surface area contributed by atoms with Crippen LogP contribution in [-0.4, -0.2) is 87.7 Å². The third-order valence-corrected chi connectivity index (χ3v) is 10.3. The molecule has 3 N–H and O–H groups in total. The first-order valence-electron chi connectivity index (χ1n) is 14.6. The number of piperidine rings is 1. The highest BCUT2D eigenvalue weighted by Crippen LogP contribution is 2.46. The topological polar surface area (TPSA) is 155 Å². The molecule has 2 saturated heterocycles. The molecule has 46 heavy (non-hydrogen) atoms. The minimum absolute atomic E-state index is 0.0682. The Morgan fingerprint density at radius 1 is 1.04 bits per heavy atom. The molecule has 0 radical (unpaired) electrons. The van der Waals surface area contributed by atoms with Gasteiger partial charge in [0.2, 0.25) is 5.95 Å². The van der Waals surface area contributed by atoms with Crippen LogP contribution in [0.5, 0.6) is 0 Å². The molecule has 2 fully saturated rings. The molecule has 5 rings (SSSR count). The minimum atomic E-state index is -4.97. The summed E-state index contributed by atoms with van der Waals surface area (Å²) < 4.78 is 87.8. The standard InChI is InChI=1S/C29H33F4N7O5S/c1-37(17-19-10-8-18(16-34)9-11-19)28-35-25(36-40(28)26(41)20-6-2-3-7-22(20)30)23-21(29(31,32)33)12-15-39(24(23)27(42)43)46(44,45)38-13-4-5-14-38/h2-3,6-11,21,23-24H,4-5,12-17,34H2,1H3,(H,42,43). The Hall–Kier alpha value is -3.93. The molecule has 3 atom stereocenters. The molecular weight excluding hydrogens is 634 g/mol. The Morgan fingerprint density at radius 3 is 2.26 bits per heavy atom. The summed E-state index contributed by atoms with van der Waals surface area (Å²) in [7, 11) is -2.99. The fourth-order valence-electron chi connectivity index (χ4n) is 5.99. The summed E-state index contributed by atoms with van der Waals surface area (Å²) in [5.41, 5.74) is 6.76. The van der Waals surface area contributed by atoms with Gasteiger partial charge in [-0.1, -0.05) is 36.4 Å². The summed E-state index contributed by atoms with van der Waals surface area (Å²) in [6.07, 6.45) is -4.69. The van der Waals surface area contributed by atoms with Crippen LogP contribution in [0.4, 0.5) is 23.5 Å². The summed E-state index contributed by atoms with van der Waals surface area (Å²) in [6.45, 7) is -0.134. The maximum atomic E-state index is 14.7. The molecule has 3 heterocycles. The van der Waals surface area contributed by atoms with E-state index in [1.165, 1.54) is 24.1 Å². The van der Waals surface area contributed by atoms with Crippen molar-refractivity contribution < 1.29 is 40.7 Å². The molecule has 12 nitrogen and oxygen atoms in total. The molecule has 2 aliphatic heterocycles. The van der Waals surface area contributed by atoms with Crippen molar-refractivity contribution in [1.82, 2.24) is 23.4 Å². The summed E-state index contributed by atoms with van der Waals surface area (Å²) in [5, 5.41) is 14.4. The number of benzene rings is 2. The largest absolute Gasteiger partial charge is 0.480 e. The van der Waals surface area contributed by atoms with Crippen molar-refractivity contribution in [2.45, 2.75) is 50.5 Å². The molecule has 248 valence electrons. The number of hydrogen-bond donors (Lipinski definition) is 2. The Morgan fingerprint density at radius 2 is 1.67 bits per heavy atom. The van der Waals surface area contributed by atoms with Crippen molar-refractivity contribution in [3.05, 3.63) is 76.9 Å². The molecule has 17 heteroatoms. The van der Waals surface area contributed by atoms with Crippen molar-refractivity contribution in [1.29, 1.82) is 0 Å². The van der Waals surface area contributed by atoms with Gasteiger partial charge in [0.15, 0.2) is 5.82 Å². The van der Waals surface area contributed by atoms with Gasteiger partial charge in [0.1, 0.15) is 11.9 Å². The van der Waals surface area contributed by atoms with Gasteiger partial charge in [0.25, 0.3) is 16.1 Å². The molecular formula is C29H33F4N7O5S. The molecule has 2 aromatic carbocycles. The summed E-state index contributed by atoms with van der Waals surface area (Å²) in [6, 6.07) is 9.72. The smallest absolute Gasteiger partial charge is 0.392 e. The average molecular weight is 668 g/mol. The Bertz CT molecular complexity index is 1690. The number of alkyl halides is 3. The molecule has 0 aliphatic carbocycles. The van der Waals surface area contributed by atoms with E-state index in [-0.39, 0.29) is 25.6 Å². The number of aliphatic carboxylic acids is 1. The lowest BCUT2D eigenvalue weighted by atomic mass is 9.79. The van der Waals surface area contributed by atoms with Gasteiger partial charge >= 0.3 is 12.1 Å². The van der Waals surface area contributed by atoms with Gasteiger partial charge in [-0.15, -0.1) is 5.10 Å². The first-order chi connectivity index (χ1) is 21.7. The highest BCUT2D eigenvalue weighted by molar-refractivity contribution is 7.86. The van der Waals surface area contributed by atoms with Gasteiger partial charge in [-0.05, 0) is 42.5 Å².